The molecule has 0 aliphatic rings. The zero-order chi connectivity index (χ0) is 11.6. The molecule has 0 amide bonds. The predicted octanol–water partition coefficient (Wildman–Crippen LogP) is 2.49. The van der Waals surface area contributed by atoms with E-state index in [0.717, 1.165) is 0 Å². The van der Waals surface area contributed by atoms with E-state index in [2.05, 4.69) is 5.11 Å². The van der Waals surface area contributed by atoms with Crippen molar-refractivity contribution in [1.82, 2.24) is 0 Å². The van der Waals surface area contributed by atoms with Gasteiger partial charge >= 0.3 is 5.98 Å². The van der Waals surface area contributed by atoms with E-state index >= 15 is 0 Å². The first kappa shape index (κ1) is 11.3. The molecule has 0 aliphatic heterocycles. The van der Waals surface area contributed by atoms with Crippen LogP contribution in [-0.2, 0) is 5.98 Å². The van der Waals surface area contributed by atoms with Crippen molar-refractivity contribution < 1.29 is 22.7 Å². The largest absolute Gasteiger partial charge is 0.354 e. The van der Waals surface area contributed by atoms with Gasteiger partial charge in [0.15, 0.2) is 17.5 Å². The zero-order valence-corrected chi connectivity index (χ0v) is 6.96. The fourth-order valence-electron chi connectivity index (χ4n) is 0.885. The zero-order valence-electron chi connectivity index (χ0n) is 6.96. The molecule has 15 heavy (non-hydrogen) atoms. The Morgan fingerprint density at radius 3 is 2.40 bits per heavy atom. The minimum absolute atomic E-state index is 0.394. The third-order valence-corrected chi connectivity index (χ3v) is 1.56. The van der Waals surface area contributed by atoms with Crippen molar-refractivity contribution >= 4 is 0 Å². The van der Waals surface area contributed by atoms with Crippen molar-refractivity contribution in [2.24, 2.45) is 5.11 Å². The topological polar surface area (TPSA) is 69.0 Å². The van der Waals surface area contributed by atoms with E-state index in [1.54, 1.807) is 0 Å². The van der Waals surface area contributed by atoms with Crippen LogP contribution in [0.15, 0.2) is 17.2 Å². The minimum Gasteiger partial charge on any atom is -0.354 e. The maximum Gasteiger partial charge on any atom is 0.315 e. The normalized spacial score (nSPS) is 14.2. The standard InChI is InChI=1S/C7H3F4N3O/c8-4-2-1-3(5(9)6(4)10)7(11,15)13-14-12/h1-2,15H. The van der Waals surface area contributed by atoms with Crippen molar-refractivity contribution in [1.29, 1.82) is 0 Å². The lowest BCUT2D eigenvalue weighted by Gasteiger charge is -2.13. The summed E-state index contributed by atoms with van der Waals surface area (Å²) in [6.07, 6.45) is 0. The van der Waals surface area contributed by atoms with Crippen LogP contribution in [0.1, 0.15) is 5.56 Å². The van der Waals surface area contributed by atoms with Gasteiger partial charge in [-0.15, -0.1) is 0 Å². The van der Waals surface area contributed by atoms with Gasteiger partial charge in [-0.1, -0.05) is 0 Å². The highest BCUT2D eigenvalue weighted by Gasteiger charge is 2.33. The van der Waals surface area contributed by atoms with Gasteiger partial charge in [-0.25, -0.2) is 17.6 Å². The van der Waals surface area contributed by atoms with E-state index in [-0.39, 0.29) is 0 Å². The molecule has 0 aliphatic carbocycles. The highest BCUT2D eigenvalue weighted by atomic mass is 19.2. The Morgan fingerprint density at radius 1 is 1.27 bits per heavy atom. The smallest absolute Gasteiger partial charge is 0.315 e. The maximum atomic E-state index is 13.0. The summed E-state index contributed by atoms with van der Waals surface area (Å²) < 4.78 is 50.9. The summed E-state index contributed by atoms with van der Waals surface area (Å²) in [7, 11) is 0. The van der Waals surface area contributed by atoms with Crippen molar-refractivity contribution in [2.75, 3.05) is 0 Å². The predicted molar refractivity (Wildman–Crippen MR) is 40.5 cm³/mol. The van der Waals surface area contributed by atoms with Crippen LogP contribution < -0.4 is 0 Å². The van der Waals surface area contributed by atoms with Crippen LogP contribution in [0.2, 0.25) is 0 Å². The summed E-state index contributed by atoms with van der Waals surface area (Å²) >= 11 is 0. The summed E-state index contributed by atoms with van der Waals surface area (Å²) in [5.41, 5.74) is 6.55. The first-order valence-electron chi connectivity index (χ1n) is 3.51. The lowest BCUT2D eigenvalue weighted by Crippen LogP contribution is -2.18. The van der Waals surface area contributed by atoms with Crippen molar-refractivity contribution in [2.45, 2.75) is 5.98 Å². The van der Waals surface area contributed by atoms with Gasteiger partial charge < -0.3 is 5.11 Å². The third-order valence-electron chi connectivity index (χ3n) is 1.56. The molecule has 80 valence electrons. The second kappa shape index (κ2) is 3.76. The molecule has 0 radical (unpaired) electrons. The van der Waals surface area contributed by atoms with Gasteiger partial charge in [0, 0.05) is 4.91 Å². The average molecular weight is 221 g/mol. The van der Waals surface area contributed by atoms with Crippen molar-refractivity contribution in [3.05, 3.63) is 45.6 Å². The average Bonchev–Trinajstić information content (AvgIpc) is 2.13. The first-order chi connectivity index (χ1) is 6.90. The molecular weight excluding hydrogens is 218 g/mol. The van der Waals surface area contributed by atoms with E-state index in [4.69, 9.17) is 10.6 Å². The Balaban J connectivity index is 3.39. The Morgan fingerprint density at radius 2 is 1.87 bits per heavy atom. The highest BCUT2D eigenvalue weighted by molar-refractivity contribution is 5.24. The third kappa shape index (κ3) is 2.00. The molecule has 0 spiro atoms. The number of hydrogen-bond donors (Lipinski definition) is 1. The van der Waals surface area contributed by atoms with Gasteiger partial charge in [0.25, 0.3) is 0 Å². The van der Waals surface area contributed by atoms with Crippen LogP contribution in [0.5, 0.6) is 0 Å². The molecule has 4 nitrogen and oxygen atoms in total. The number of hydrogen-bond acceptors (Lipinski definition) is 2. The molecule has 0 fully saturated rings. The van der Waals surface area contributed by atoms with Crippen LogP contribution in [0.3, 0.4) is 0 Å². The molecule has 1 rings (SSSR count). The summed E-state index contributed by atoms with van der Waals surface area (Å²) in [4.78, 5) is 1.89. The van der Waals surface area contributed by atoms with E-state index < -0.39 is 29.0 Å². The molecule has 1 aromatic rings. The SMILES string of the molecule is [N-]=[N+]=NC(O)(F)c1ccc(F)c(F)c1F. The van der Waals surface area contributed by atoms with E-state index in [1.807, 2.05) is 4.91 Å². The monoisotopic (exact) mass is 221 g/mol. The maximum absolute atomic E-state index is 13.0. The van der Waals surface area contributed by atoms with Crippen LogP contribution >= 0.6 is 0 Å². The Bertz CT molecular complexity index is 442. The Labute approximate surface area is 80.4 Å². The van der Waals surface area contributed by atoms with E-state index in [1.165, 1.54) is 0 Å². The molecule has 1 atom stereocenters. The lowest BCUT2D eigenvalue weighted by atomic mass is 10.1. The lowest BCUT2D eigenvalue weighted by molar-refractivity contribution is -0.0915. The van der Waals surface area contributed by atoms with Gasteiger partial charge in [0.2, 0.25) is 0 Å². The second-order valence-corrected chi connectivity index (χ2v) is 2.50. The molecule has 1 N–H and O–H groups in total. The number of azide groups is 1. The van der Waals surface area contributed by atoms with Crippen molar-refractivity contribution in [3.8, 4) is 0 Å². The molecule has 0 saturated carbocycles. The van der Waals surface area contributed by atoms with Crippen LogP contribution in [0.25, 0.3) is 10.4 Å². The molecular formula is C7H3F4N3O. The van der Waals surface area contributed by atoms with Gasteiger partial charge in [0.05, 0.1) is 5.56 Å². The number of alkyl halides is 1. The molecule has 1 unspecified atom stereocenters. The van der Waals surface area contributed by atoms with Gasteiger partial charge in [-0.05, 0) is 22.8 Å². The number of benzene rings is 1. The number of nitrogens with zero attached hydrogens (tertiary/aromatic N) is 3. The van der Waals surface area contributed by atoms with E-state index in [9.17, 15) is 17.6 Å². The fourth-order valence-corrected chi connectivity index (χ4v) is 0.885. The van der Waals surface area contributed by atoms with E-state index in [0.29, 0.717) is 12.1 Å². The van der Waals surface area contributed by atoms with Crippen LogP contribution in [0, 0.1) is 17.5 Å². The minimum atomic E-state index is -3.76. The molecule has 8 heteroatoms. The molecule has 0 aromatic heterocycles. The Kier molecular flexibility index (Phi) is 2.83. The quantitative estimate of drug-likeness (QED) is 0.204. The van der Waals surface area contributed by atoms with Gasteiger partial charge in [-0.3, -0.25) is 0 Å². The molecule has 0 saturated heterocycles. The summed E-state index contributed by atoms with van der Waals surface area (Å²) in [5.74, 6) is -9.22. The molecule has 0 heterocycles. The molecule has 0 bridgehead atoms. The summed E-state index contributed by atoms with van der Waals surface area (Å²) in [6.45, 7) is 0. The van der Waals surface area contributed by atoms with Crippen LogP contribution in [0.4, 0.5) is 17.6 Å². The summed E-state index contributed by atoms with van der Waals surface area (Å²) in [6, 6.07) is 0.827. The van der Waals surface area contributed by atoms with Crippen LogP contribution in [-0.4, -0.2) is 5.11 Å². The molecule has 1 aromatic carbocycles. The fraction of sp³-hybridized carbons (Fsp3) is 0.143. The second-order valence-electron chi connectivity index (χ2n) is 2.50. The first-order valence-corrected chi connectivity index (χ1v) is 3.51. The van der Waals surface area contributed by atoms with Crippen molar-refractivity contribution in [3.63, 3.8) is 0 Å². The number of aliphatic hydroxyl groups is 1. The number of rotatable bonds is 2. The Hall–Kier alpha value is -1.79. The highest BCUT2D eigenvalue weighted by Crippen LogP contribution is 2.29. The number of halogens is 4. The van der Waals surface area contributed by atoms with Gasteiger partial charge in [0.1, 0.15) is 0 Å². The van der Waals surface area contributed by atoms with Gasteiger partial charge in [-0.2, -0.15) is 0 Å². The summed E-state index contributed by atoms with van der Waals surface area (Å²) in [5, 5.41) is 11.0.